The molecule has 2 N–H and O–H groups in total. The minimum Gasteiger partial charge on any atom is -0.482 e. The summed E-state index contributed by atoms with van der Waals surface area (Å²) in [7, 11) is 0. The normalized spacial score (nSPS) is 25.5. The Bertz CT molecular complexity index is 847. The number of ether oxygens (including phenoxy) is 1. The van der Waals surface area contributed by atoms with Crippen molar-refractivity contribution in [2.75, 3.05) is 13.1 Å². The smallest absolute Gasteiger partial charge is 0.140 e. The maximum Gasteiger partial charge on any atom is 0.140 e. The van der Waals surface area contributed by atoms with Crippen LogP contribution in [0, 0.1) is 11.3 Å². The van der Waals surface area contributed by atoms with Crippen molar-refractivity contribution in [3.8, 4) is 11.8 Å². The van der Waals surface area contributed by atoms with Crippen LogP contribution in [0.3, 0.4) is 0 Å². The maximum atomic E-state index is 9.04. The van der Waals surface area contributed by atoms with Crippen LogP contribution in [0.25, 0.3) is 0 Å². The lowest BCUT2D eigenvalue weighted by atomic mass is 10.0. The number of hydrogen-bond acceptors (Lipinski definition) is 4. The summed E-state index contributed by atoms with van der Waals surface area (Å²) in [6, 6.07) is 16.2. The average molecular weight is 368 g/mol. The molecule has 1 fully saturated rings. The van der Waals surface area contributed by atoms with Crippen LogP contribution in [-0.4, -0.2) is 30.1 Å². The lowest BCUT2D eigenvalue weighted by molar-refractivity contribution is 0.0594. The Morgan fingerprint density at radius 3 is 2.85 bits per heavy atom. The summed E-state index contributed by atoms with van der Waals surface area (Å²) < 4.78 is 6.41. The van der Waals surface area contributed by atoms with E-state index >= 15 is 0 Å². The number of nitrogens with zero attached hydrogens (tertiary/aromatic N) is 2. The molecule has 0 amide bonds. The van der Waals surface area contributed by atoms with E-state index in [4.69, 9.17) is 27.3 Å². The Labute approximate surface area is 159 Å². The van der Waals surface area contributed by atoms with Gasteiger partial charge in [0.2, 0.25) is 0 Å². The molecule has 1 aliphatic heterocycles. The van der Waals surface area contributed by atoms with Gasteiger partial charge in [0.05, 0.1) is 22.7 Å². The van der Waals surface area contributed by atoms with Crippen molar-refractivity contribution in [1.29, 1.82) is 5.26 Å². The van der Waals surface area contributed by atoms with Crippen LogP contribution >= 0.6 is 11.6 Å². The fourth-order valence-corrected chi connectivity index (χ4v) is 4.37. The Hall–Kier alpha value is -2.06. The zero-order valence-electron chi connectivity index (χ0n) is 14.6. The molecular weight excluding hydrogens is 346 g/mol. The number of rotatable bonds is 3. The SMILES string of the molecule is N#Cc1ccc(OC2c3ccccc3CC2N2CCCC(N)C2)c(Cl)c1. The Kier molecular flexibility index (Phi) is 4.86. The maximum absolute atomic E-state index is 9.04. The number of benzene rings is 2. The molecule has 2 aromatic rings. The zero-order chi connectivity index (χ0) is 18.1. The molecule has 4 rings (SSSR count). The highest BCUT2D eigenvalue weighted by Gasteiger charge is 2.39. The molecule has 0 spiro atoms. The first-order valence-electron chi connectivity index (χ1n) is 9.09. The molecule has 0 aromatic heterocycles. The van der Waals surface area contributed by atoms with E-state index < -0.39 is 0 Å². The fraction of sp³-hybridized carbons (Fsp3) is 0.381. The Morgan fingerprint density at radius 2 is 2.08 bits per heavy atom. The first-order chi connectivity index (χ1) is 12.7. The predicted octanol–water partition coefficient (Wildman–Crippen LogP) is 3.68. The second-order valence-electron chi connectivity index (χ2n) is 7.16. The predicted molar refractivity (Wildman–Crippen MR) is 102 cm³/mol. The van der Waals surface area contributed by atoms with Gasteiger partial charge in [0.1, 0.15) is 11.9 Å². The Balaban J connectivity index is 1.64. The molecule has 2 aliphatic rings. The number of fused-ring (bicyclic) bond motifs is 1. The van der Waals surface area contributed by atoms with Gasteiger partial charge < -0.3 is 10.5 Å². The van der Waals surface area contributed by atoms with Gasteiger partial charge in [0.15, 0.2) is 0 Å². The third kappa shape index (κ3) is 3.31. The van der Waals surface area contributed by atoms with E-state index in [-0.39, 0.29) is 18.2 Å². The monoisotopic (exact) mass is 367 g/mol. The molecule has 0 saturated carbocycles. The molecule has 3 unspecified atom stereocenters. The lowest BCUT2D eigenvalue weighted by Gasteiger charge is -2.38. The van der Waals surface area contributed by atoms with Crippen LogP contribution in [-0.2, 0) is 6.42 Å². The molecule has 0 radical (unpaired) electrons. The second kappa shape index (κ2) is 7.28. The number of piperidine rings is 1. The first-order valence-corrected chi connectivity index (χ1v) is 9.47. The van der Waals surface area contributed by atoms with Crippen molar-refractivity contribution in [3.63, 3.8) is 0 Å². The highest BCUT2D eigenvalue weighted by atomic mass is 35.5. The van der Waals surface area contributed by atoms with Crippen molar-refractivity contribution in [2.24, 2.45) is 5.73 Å². The van der Waals surface area contributed by atoms with Gasteiger partial charge in [-0.25, -0.2) is 0 Å². The number of halogens is 1. The topological polar surface area (TPSA) is 62.3 Å². The van der Waals surface area contributed by atoms with Gasteiger partial charge >= 0.3 is 0 Å². The summed E-state index contributed by atoms with van der Waals surface area (Å²) in [5.74, 6) is 0.624. The summed E-state index contributed by atoms with van der Waals surface area (Å²) in [4.78, 5) is 2.47. The van der Waals surface area contributed by atoms with Gasteiger partial charge in [0.25, 0.3) is 0 Å². The molecular formula is C21H22ClN3O. The quantitative estimate of drug-likeness (QED) is 0.898. The van der Waals surface area contributed by atoms with E-state index in [1.807, 2.05) is 0 Å². The summed E-state index contributed by atoms with van der Waals surface area (Å²) in [6.07, 6.45) is 3.09. The summed E-state index contributed by atoms with van der Waals surface area (Å²) in [5, 5.41) is 9.51. The minimum absolute atomic E-state index is 0.0815. The molecule has 1 saturated heterocycles. The van der Waals surface area contributed by atoms with Crippen LogP contribution < -0.4 is 10.5 Å². The van der Waals surface area contributed by atoms with Crippen LogP contribution in [0.4, 0.5) is 0 Å². The summed E-state index contributed by atoms with van der Waals surface area (Å²) in [6.45, 7) is 1.95. The summed E-state index contributed by atoms with van der Waals surface area (Å²) >= 11 is 6.36. The largest absolute Gasteiger partial charge is 0.482 e. The van der Waals surface area contributed by atoms with Gasteiger partial charge in [0, 0.05) is 12.6 Å². The molecule has 4 nitrogen and oxygen atoms in total. The van der Waals surface area contributed by atoms with Crippen molar-refractivity contribution in [3.05, 3.63) is 64.2 Å². The van der Waals surface area contributed by atoms with Crippen LogP contribution in [0.15, 0.2) is 42.5 Å². The third-order valence-corrected chi connectivity index (χ3v) is 5.71. The van der Waals surface area contributed by atoms with Gasteiger partial charge in [-0.2, -0.15) is 5.26 Å². The van der Waals surface area contributed by atoms with E-state index in [2.05, 4.69) is 35.2 Å². The van der Waals surface area contributed by atoms with Crippen LogP contribution in [0.1, 0.15) is 35.6 Å². The zero-order valence-corrected chi connectivity index (χ0v) is 15.3. The molecule has 5 heteroatoms. The second-order valence-corrected chi connectivity index (χ2v) is 7.57. The number of hydrogen-bond donors (Lipinski definition) is 1. The highest BCUT2D eigenvalue weighted by molar-refractivity contribution is 6.32. The first kappa shape index (κ1) is 17.4. The van der Waals surface area contributed by atoms with E-state index in [0.717, 1.165) is 32.4 Å². The lowest BCUT2D eigenvalue weighted by Crippen LogP contribution is -2.49. The van der Waals surface area contributed by atoms with E-state index in [1.165, 1.54) is 11.1 Å². The third-order valence-electron chi connectivity index (χ3n) is 5.41. The van der Waals surface area contributed by atoms with Crippen LogP contribution in [0.5, 0.6) is 5.75 Å². The van der Waals surface area contributed by atoms with E-state index in [1.54, 1.807) is 18.2 Å². The molecule has 134 valence electrons. The van der Waals surface area contributed by atoms with Gasteiger partial charge in [-0.3, -0.25) is 4.90 Å². The molecule has 3 atom stereocenters. The van der Waals surface area contributed by atoms with Gasteiger partial charge in [-0.05, 0) is 55.1 Å². The average Bonchev–Trinajstić information content (AvgIpc) is 3.02. The fourth-order valence-electron chi connectivity index (χ4n) is 4.14. The van der Waals surface area contributed by atoms with E-state index in [0.29, 0.717) is 16.3 Å². The van der Waals surface area contributed by atoms with Crippen molar-refractivity contribution < 1.29 is 4.74 Å². The van der Waals surface area contributed by atoms with Crippen LogP contribution in [0.2, 0.25) is 5.02 Å². The molecule has 2 aromatic carbocycles. The molecule has 1 aliphatic carbocycles. The molecule has 26 heavy (non-hydrogen) atoms. The highest BCUT2D eigenvalue weighted by Crippen LogP contribution is 2.40. The van der Waals surface area contributed by atoms with Crippen molar-refractivity contribution >= 4 is 11.6 Å². The standard InChI is InChI=1S/C21H22ClN3O/c22-18-10-14(12-23)7-8-20(18)26-21-17-6-2-1-4-15(17)11-19(21)25-9-3-5-16(24)13-25/h1-2,4,6-8,10,16,19,21H,3,5,9,11,13,24H2. The number of likely N-dealkylation sites (tertiary alicyclic amines) is 1. The van der Waals surface area contributed by atoms with Gasteiger partial charge in [-0.15, -0.1) is 0 Å². The number of nitrogens with two attached hydrogens (primary N) is 1. The Morgan fingerprint density at radius 1 is 1.23 bits per heavy atom. The van der Waals surface area contributed by atoms with Gasteiger partial charge in [-0.1, -0.05) is 35.9 Å². The van der Waals surface area contributed by atoms with E-state index in [9.17, 15) is 0 Å². The van der Waals surface area contributed by atoms with Crippen molar-refractivity contribution in [2.45, 2.75) is 37.5 Å². The molecule has 0 bridgehead atoms. The number of nitriles is 1. The molecule has 1 heterocycles. The minimum atomic E-state index is -0.0815. The summed E-state index contributed by atoms with van der Waals surface area (Å²) in [5.41, 5.74) is 9.30. The van der Waals surface area contributed by atoms with Crippen molar-refractivity contribution in [1.82, 2.24) is 4.90 Å².